The number of phenolic OH excluding ortho intramolecular Hbond substituents is 1. The molecule has 0 aliphatic heterocycles. The van der Waals surface area contributed by atoms with Gasteiger partial charge in [0.15, 0.2) is 11.5 Å². The molecule has 0 fully saturated rings. The number of carbonyl (C=O) groups excluding carboxylic acids is 1. The molecule has 2 rings (SSSR count). The highest BCUT2D eigenvalue weighted by Gasteiger charge is 2.13. The third kappa shape index (κ3) is 4.69. The van der Waals surface area contributed by atoms with Crippen LogP contribution in [-0.2, 0) is 11.2 Å². The van der Waals surface area contributed by atoms with E-state index in [-0.39, 0.29) is 23.4 Å². The smallest absolute Gasteiger partial charge is 0.278 e. The Morgan fingerprint density at radius 2 is 1.96 bits per heavy atom. The number of nitrogens with one attached hydrogen (secondary N) is 1. The van der Waals surface area contributed by atoms with Crippen LogP contribution in [0.1, 0.15) is 11.1 Å². The van der Waals surface area contributed by atoms with Crippen molar-refractivity contribution in [3.63, 3.8) is 0 Å². The van der Waals surface area contributed by atoms with E-state index in [0.29, 0.717) is 17.1 Å². The van der Waals surface area contributed by atoms with Crippen LogP contribution in [-0.4, -0.2) is 36.4 Å². The lowest BCUT2D eigenvalue weighted by molar-refractivity contribution is -0.385. The van der Waals surface area contributed by atoms with Gasteiger partial charge in [-0.3, -0.25) is 14.9 Å². The van der Waals surface area contributed by atoms with Gasteiger partial charge in [0.1, 0.15) is 5.75 Å². The van der Waals surface area contributed by atoms with Gasteiger partial charge in [-0.1, -0.05) is 6.07 Å². The summed E-state index contributed by atoms with van der Waals surface area (Å²) in [7, 11) is 3.01. The molecule has 136 valence electrons. The number of aromatic hydroxyl groups is 1. The predicted octanol–water partition coefficient (Wildman–Crippen LogP) is 2.01. The molecule has 9 nitrogen and oxygen atoms in total. The number of hydrogen-bond donors (Lipinski definition) is 2. The predicted molar refractivity (Wildman–Crippen MR) is 93.7 cm³/mol. The van der Waals surface area contributed by atoms with E-state index >= 15 is 0 Å². The molecule has 2 aromatic rings. The molecule has 2 aromatic carbocycles. The third-order valence-corrected chi connectivity index (χ3v) is 3.41. The molecule has 0 bridgehead atoms. The molecule has 26 heavy (non-hydrogen) atoms. The molecule has 0 aliphatic rings. The van der Waals surface area contributed by atoms with E-state index in [9.17, 15) is 20.0 Å². The van der Waals surface area contributed by atoms with Crippen LogP contribution >= 0.6 is 0 Å². The number of nitro groups is 1. The second kappa shape index (κ2) is 8.47. The maximum atomic E-state index is 12.0. The molecule has 0 atom stereocenters. The van der Waals surface area contributed by atoms with Crippen molar-refractivity contribution < 1.29 is 24.3 Å². The van der Waals surface area contributed by atoms with E-state index in [2.05, 4.69) is 10.5 Å². The van der Waals surface area contributed by atoms with Crippen molar-refractivity contribution in [1.29, 1.82) is 0 Å². The fraction of sp³-hybridized carbons (Fsp3) is 0.176. The molecule has 0 unspecified atom stereocenters. The summed E-state index contributed by atoms with van der Waals surface area (Å²) < 4.78 is 10.3. The molecule has 0 aromatic heterocycles. The molecule has 2 N–H and O–H groups in total. The highest BCUT2D eigenvalue weighted by Crippen LogP contribution is 2.27. The summed E-state index contributed by atoms with van der Waals surface area (Å²) in [6, 6.07) is 8.60. The number of ether oxygens (including phenoxy) is 2. The Hall–Kier alpha value is -3.62. The summed E-state index contributed by atoms with van der Waals surface area (Å²) in [4.78, 5) is 22.3. The fourth-order valence-electron chi connectivity index (χ4n) is 2.20. The van der Waals surface area contributed by atoms with E-state index in [1.807, 2.05) is 0 Å². The average Bonchev–Trinajstić information content (AvgIpc) is 2.61. The van der Waals surface area contributed by atoms with E-state index in [1.54, 1.807) is 18.2 Å². The first-order valence-corrected chi connectivity index (χ1v) is 7.44. The van der Waals surface area contributed by atoms with Gasteiger partial charge in [0, 0.05) is 6.07 Å². The quantitative estimate of drug-likeness (QED) is 0.443. The summed E-state index contributed by atoms with van der Waals surface area (Å²) in [6.45, 7) is 0. The van der Waals surface area contributed by atoms with Gasteiger partial charge in [0.25, 0.3) is 5.69 Å². The second-order valence-corrected chi connectivity index (χ2v) is 5.16. The Morgan fingerprint density at radius 1 is 1.23 bits per heavy atom. The van der Waals surface area contributed by atoms with Crippen LogP contribution in [0.2, 0.25) is 0 Å². The van der Waals surface area contributed by atoms with E-state index in [0.717, 1.165) is 12.3 Å². The van der Waals surface area contributed by atoms with E-state index in [1.165, 1.54) is 26.4 Å². The number of carbonyl (C=O) groups is 1. The summed E-state index contributed by atoms with van der Waals surface area (Å²) in [5, 5.41) is 24.1. The summed E-state index contributed by atoms with van der Waals surface area (Å²) in [6.07, 6.45) is 1.13. The van der Waals surface area contributed by atoms with Gasteiger partial charge >= 0.3 is 0 Å². The van der Waals surface area contributed by atoms with Gasteiger partial charge in [0.05, 0.1) is 37.3 Å². The highest BCUT2D eigenvalue weighted by atomic mass is 16.6. The van der Waals surface area contributed by atoms with Crippen molar-refractivity contribution >= 4 is 17.8 Å². The minimum Gasteiger partial charge on any atom is -0.508 e. The summed E-state index contributed by atoms with van der Waals surface area (Å²) >= 11 is 0. The molecule has 0 aliphatic carbocycles. The first kappa shape index (κ1) is 18.7. The topological polar surface area (TPSA) is 123 Å². The number of amides is 1. The lowest BCUT2D eigenvalue weighted by atomic mass is 10.1. The molecule has 1 amide bonds. The zero-order valence-corrected chi connectivity index (χ0v) is 14.1. The standard InChI is InChI=1S/C17H17N3O6/c1-25-15-6-3-11(7-16(15)26-2)8-17(22)19-18-10-12-9-13(21)4-5-14(12)20(23)24/h3-7,9-10,21H,8H2,1-2H3,(H,19,22)/b18-10+. The Balaban J connectivity index is 2.04. The van der Waals surface area contributed by atoms with Gasteiger partial charge in [-0.25, -0.2) is 5.43 Å². The molecule has 0 radical (unpaired) electrons. The Bertz CT molecular complexity index is 850. The van der Waals surface area contributed by atoms with Crippen molar-refractivity contribution in [3.05, 3.63) is 57.6 Å². The van der Waals surface area contributed by atoms with E-state index in [4.69, 9.17) is 9.47 Å². The molecule has 9 heteroatoms. The Morgan fingerprint density at radius 3 is 2.62 bits per heavy atom. The zero-order chi connectivity index (χ0) is 19.1. The van der Waals surface area contributed by atoms with Crippen LogP contribution < -0.4 is 14.9 Å². The van der Waals surface area contributed by atoms with Crippen LogP contribution in [0.25, 0.3) is 0 Å². The van der Waals surface area contributed by atoms with Crippen LogP contribution in [0.4, 0.5) is 5.69 Å². The van der Waals surface area contributed by atoms with Gasteiger partial charge < -0.3 is 14.6 Å². The largest absolute Gasteiger partial charge is 0.508 e. The van der Waals surface area contributed by atoms with Crippen LogP contribution in [0.15, 0.2) is 41.5 Å². The second-order valence-electron chi connectivity index (χ2n) is 5.16. The fourth-order valence-corrected chi connectivity index (χ4v) is 2.20. The first-order valence-electron chi connectivity index (χ1n) is 7.44. The lowest BCUT2D eigenvalue weighted by Crippen LogP contribution is -2.19. The Labute approximate surface area is 149 Å². The number of nitrogens with zero attached hydrogens (tertiary/aromatic N) is 2. The van der Waals surface area contributed by atoms with Crippen molar-refractivity contribution in [2.75, 3.05) is 14.2 Å². The average molecular weight is 359 g/mol. The Kier molecular flexibility index (Phi) is 6.10. The maximum absolute atomic E-state index is 12.0. The molecular weight excluding hydrogens is 342 g/mol. The van der Waals surface area contributed by atoms with Crippen molar-refractivity contribution in [2.45, 2.75) is 6.42 Å². The molecule has 0 heterocycles. The van der Waals surface area contributed by atoms with Crippen molar-refractivity contribution in [2.24, 2.45) is 5.10 Å². The number of methoxy groups -OCH3 is 2. The number of benzene rings is 2. The first-order chi connectivity index (χ1) is 12.4. The lowest BCUT2D eigenvalue weighted by Gasteiger charge is -2.09. The molecule has 0 saturated heterocycles. The molecule has 0 spiro atoms. The maximum Gasteiger partial charge on any atom is 0.278 e. The summed E-state index contributed by atoms with van der Waals surface area (Å²) in [5.74, 6) is 0.479. The number of phenols is 1. The zero-order valence-electron chi connectivity index (χ0n) is 14.1. The monoisotopic (exact) mass is 359 g/mol. The number of hydrogen-bond acceptors (Lipinski definition) is 7. The van der Waals surface area contributed by atoms with Gasteiger partial charge in [0.2, 0.25) is 5.91 Å². The minimum atomic E-state index is -0.605. The molecule has 0 saturated carbocycles. The van der Waals surface area contributed by atoms with Gasteiger partial charge in [-0.2, -0.15) is 5.10 Å². The normalized spacial score (nSPS) is 10.5. The SMILES string of the molecule is COc1ccc(CC(=O)N/N=C/c2cc(O)ccc2[N+](=O)[O-])cc1OC. The minimum absolute atomic E-state index is 0.0276. The number of rotatable bonds is 7. The van der Waals surface area contributed by atoms with Gasteiger partial charge in [-0.15, -0.1) is 0 Å². The number of nitro benzene ring substituents is 1. The highest BCUT2D eigenvalue weighted by molar-refractivity contribution is 5.87. The summed E-state index contributed by atoms with van der Waals surface area (Å²) in [5.41, 5.74) is 2.80. The van der Waals surface area contributed by atoms with Crippen LogP contribution in [0, 0.1) is 10.1 Å². The van der Waals surface area contributed by atoms with Crippen LogP contribution in [0.5, 0.6) is 17.2 Å². The van der Waals surface area contributed by atoms with Crippen molar-refractivity contribution in [1.82, 2.24) is 5.43 Å². The number of hydrazone groups is 1. The van der Waals surface area contributed by atoms with E-state index < -0.39 is 10.8 Å². The molecular formula is C17H17N3O6. The van der Waals surface area contributed by atoms with Gasteiger partial charge in [-0.05, 0) is 29.8 Å². The van der Waals surface area contributed by atoms with Crippen molar-refractivity contribution in [3.8, 4) is 17.2 Å². The third-order valence-electron chi connectivity index (χ3n) is 3.41. The van der Waals surface area contributed by atoms with Crippen LogP contribution in [0.3, 0.4) is 0 Å².